The molecule has 1 unspecified atom stereocenters. The van der Waals surface area contributed by atoms with Crippen LogP contribution < -0.4 is 9.80 Å². The highest BCUT2D eigenvalue weighted by Gasteiger charge is 2.49. The van der Waals surface area contributed by atoms with Crippen LogP contribution in [0.5, 0.6) is 0 Å². The number of carbonyl (C=O) groups is 1. The molecule has 0 aliphatic carbocycles. The summed E-state index contributed by atoms with van der Waals surface area (Å²) in [5, 5.41) is 0. The average molecular weight is 477 g/mol. The smallest absolute Gasteiger partial charge is 0.288 e. The molecule has 0 bridgehead atoms. The molecular weight excluding hydrogens is 448 g/mol. The molecule has 0 aromatic heterocycles. The third-order valence-corrected chi connectivity index (χ3v) is 8.49. The lowest BCUT2D eigenvalue weighted by atomic mass is 9.65. The van der Waals surface area contributed by atoms with Gasteiger partial charge in [0.25, 0.3) is 0 Å². The maximum Gasteiger partial charge on any atom is 0.334 e. The molecule has 0 spiro atoms. The van der Waals surface area contributed by atoms with E-state index >= 15 is 0 Å². The first-order valence-corrected chi connectivity index (χ1v) is 12.9. The van der Waals surface area contributed by atoms with E-state index in [1.54, 1.807) is 11.8 Å². The van der Waals surface area contributed by atoms with Crippen molar-refractivity contribution < 1.29 is 4.79 Å². The van der Waals surface area contributed by atoms with Crippen LogP contribution in [0.25, 0.3) is 0 Å². The maximum absolute atomic E-state index is 14.6. The lowest BCUT2D eigenvalue weighted by Gasteiger charge is -2.52. The zero-order chi connectivity index (χ0) is 24.2. The number of anilines is 3. The first kappa shape index (κ1) is 22.0. The largest absolute Gasteiger partial charge is 0.334 e. The zero-order valence-corrected chi connectivity index (χ0v) is 21.0. The quantitative estimate of drug-likeness (QED) is 0.275. The van der Waals surface area contributed by atoms with Crippen molar-refractivity contribution in [1.82, 2.24) is 0 Å². The molecule has 0 saturated carbocycles. The van der Waals surface area contributed by atoms with Crippen LogP contribution in [0.2, 0.25) is 0 Å². The average Bonchev–Trinajstić information content (AvgIpc) is 2.87. The van der Waals surface area contributed by atoms with E-state index in [1.807, 2.05) is 52.3 Å². The topological polar surface area (TPSA) is 23.6 Å². The summed E-state index contributed by atoms with van der Waals surface area (Å²) < 4.78 is 0. The van der Waals surface area contributed by atoms with Crippen molar-refractivity contribution >= 4 is 34.9 Å². The second-order valence-electron chi connectivity index (χ2n) is 10.2. The van der Waals surface area contributed by atoms with Gasteiger partial charge in [0.15, 0.2) is 0 Å². The summed E-state index contributed by atoms with van der Waals surface area (Å²) in [5.74, 6) is 0. The van der Waals surface area contributed by atoms with Crippen LogP contribution in [0, 0.1) is 0 Å². The van der Waals surface area contributed by atoms with Crippen LogP contribution >= 0.6 is 11.8 Å². The van der Waals surface area contributed by atoms with E-state index in [4.69, 9.17) is 0 Å². The highest BCUT2D eigenvalue weighted by molar-refractivity contribution is 7.99. The minimum Gasteiger partial charge on any atom is -0.288 e. The maximum atomic E-state index is 14.6. The van der Waals surface area contributed by atoms with E-state index in [0.29, 0.717) is 0 Å². The molecule has 35 heavy (non-hydrogen) atoms. The van der Waals surface area contributed by atoms with Crippen molar-refractivity contribution in [3.8, 4) is 0 Å². The van der Waals surface area contributed by atoms with Gasteiger partial charge < -0.3 is 0 Å². The molecule has 4 heteroatoms. The number of nitrogens with zero attached hydrogens (tertiary/aromatic N) is 2. The predicted octanol–water partition coefficient (Wildman–Crippen LogP) is 8.40. The van der Waals surface area contributed by atoms with E-state index in [2.05, 4.69) is 81.4 Å². The first-order valence-electron chi connectivity index (χ1n) is 12.1. The van der Waals surface area contributed by atoms with Gasteiger partial charge >= 0.3 is 6.03 Å². The summed E-state index contributed by atoms with van der Waals surface area (Å²) in [6.45, 7) is 6.70. The van der Waals surface area contributed by atoms with E-state index < -0.39 is 5.54 Å². The number of carbonyl (C=O) groups excluding carboxylic acids is 1. The van der Waals surface area contributed by atoms with Gasteiger partial charge in [0.1, 0.15) is 0 Å². The van der Waals surface area contributed by atoms with Crippen LogP contribution in [0.3, 0.4) is 0 Å². The highest BCUT2D eigenvalue weighted by Crippen LogP contribution is 2.53. The summed E-state index contributed by atoms with van der Waals surface area (Å²) in [6.07, 6.45) is 0.818. The molecule has 4 aromatic carbocycles. The van der Waals surface area contributed by atoms with Gasteiger partial charge in [-0.1, -0.05) is 91.5 Å². The minimum absolute atomic E-state index is 0.0160. The number of rotatable bonds is 1. The molecular formula is C31H28N2OS. The molecule has 4 aromatic rings. The van der Waals surface area contributed by atoms with E-state index in [0.717, 1.165) is 33.3 Å². The summed E-state index contributed by atoms with van der Waals surface area (Å²) in [4.78, 5) is 20.8. The molecule has 2 aliphatic heterocycles. The third-order valence-electron chi connectivity index (χ3n) is 7.36. The Kier molecular flexibility index (Phi) is 5.05. The summed E-state index contributed by atoms with van der Waals surface area (Å²) >= 11 is 1.72. The highest BCUT2D eigenvalue weighted by atomic mass is 32.2. The third kappa shape index (κ3) is 3.39. The second kappa shape index (κ2) is 8.03. The summed E-state index contributed by atoms with van der Waals surface area (Å²) in [5.41, 5.74) is 4.70. The van der Waals surface area contributed by atoms with E-state index in [9.17, 15) is 4.79 Å². The Morgan fingerprint density at radius 2 is 1.20 bits per heavy atom. The van der Waals surface area contributed by atoms with Gasteiger partial charge in [-0.3, -0.25) is 9.80 Å². The number of urea groups is 1. The monoisotopic (exact) mass is 476 g/mol. The molecule has 174 valence electrons. The van der Waals surface area contributed by atoms with Crippen LogP contribution in [0.1, 0.15) is 38.3 Å². The van der Waals surface area contributed by atoms with Crippen molar-refractivity contribution in [3.63, 3.8) is 0 Å². The Balaban J connectivity index is 1.53. The molecule has 0 radical (unpaired) electrons. The molecule has 0 N–H and O–H groups in total. The van der Waals surface area contributed by atoms with Crippen molar-refractivity contribution in [1.29, 1.82) is 0 Å². The summed E-state index contributed by atoms with van der Waals surface area (Å²) in [7, 11) is 0. The first-order chi connectivity index (χ1) is 16.9. The van der Waals surface area contributed by atoms with Gasteiger partial charge in [0, 0.05) is 20.7 Å². The molecule has 0 saturated heterocycles. The summed E-state index contributed by atoms with van der Waals surface area (Å²) in [6, 6.07) is 35.5. The molecule has 0 fully saturated rings. The Hall–Kier alpha value is -3.50. The standard InChI is InChI=1S/C31H28N2OS/c1-30(2)21-31(3,22-13-5-4-6-14-22)23-15-7-8-16-24(23)33(30)29(34)32-25-17-9-11-19-27(25)35-28-20-12-10-18-26(28)32/h4-20H,21H2,1-3H3. The number of hydrogen-bond acceptors (Lipinski definition) is 2. The van der Waals surface area contributed by atoms with Gasteiger partial charge in [0.05, 0.1) is 17.1 Å². The minimum atomic E-state index is -0.412. The number of hydrogen-bond donors (Lipinski definition) is 0. The Morgan fingerprint density at radius 1 is 0.686 bits per heavy atom. The van der Waals surface area contributed by atoms with Crippen molar-refractivity contribution in [2.45, 2.75) is 47.9 Å². The fraction of sp³-hybridized carbons (Fsp3) is 0.194. The van der Waals surface area contributed by atoms with Crippen molar-refractivity contribution in [3.05, 3.63) is 114 Å². The number of fused-ring (bicyclic) bond motifs is 3. The van der Waals surface area contributed by atoms with Gasteiger partial charge in [-0.2, -0.15) is 0 Å². The molecule has 6 rings (SSSR count). The normalized spacial score (nSPS) is 20.0. The SMILES string of the molecule is CC1(c2ccccc2)CC(C)(C)N(C(=O)N2c3ccccc3Sc3ccccc32)c2ccccc21. The van der Waals surface area contributed by atoms with Crippen LogP contribution in [-0.2, 0) is 5.41 Å². The lowest BCUT2D eigenvalue weighted by molar-refractivity contribution is 0.239. The van der Waals surface area contributed by atoms with Gasteiger partial charge in [-0.05, 0) is 61.7 Å². The molecule has 2 aliphatic rings. The van der Waals surface area contributed by atoms with Crippen LogP contribution in [0.15, 0.2) is 113 Å². The fourth-order valence-electron chi connectivity index (χ4n) is 5.94. The molecule has 2 amide bonds. The molecule has 1 atom stereocenters. The van der Waals surface area contributed by atoms with Gasteiger partial charge in [-0.25, -0.2) is 4.79 Å². The van der Waals surface area contributed by atoms with Gasteiger partial charge in [-0.15, -0.1) is 0 Å². The Morgan fingerprint density at radius 3 is 1.83 bits per heavy atom. The predicted molar refractivity (Wildman–Crippen MR) is 145 cm³/mol. The fourth-order valence-corrected chi connectivity index (χ4v) is 6.99. The lowest BCUT2D eigenvalue weighted by Crippen LogP contribution is -2.58. The van der Waals surface area contributed by atoms with Crippen LogP contribution in [-0.4, -0.2) is 11.6 Å². The molecule has 3 nitrogen and oxygen atoms in total. The number of amides is 2. The zero-order valence-electron chi connectivity index (χ0n) is 20.2. The van der Waals surface area contributed by atoms with E-state index in [1.165, 1.54) is 11.1 Å². The van der Waals surface area contributed by atoms with E-state index in [-0.39, 0.29) is 11.4 Å². The number of para-hydroxylation sites is 3. The Labute approximate surface area is 211 Å². The number of benzene rings is 4. The second-order valence-corrected chi connectivity index (χ2v) is 11.3. The van der Waals surface area contributed by atoms with Crippen molar-refractivity contribution in [2.24, 2.45) is 0 Å². The van der Waals surface area contributed by atoms with Gasteiger partial charge in [0.2, 0.25) is 0 Å². The Bertz CT molecular complexity index is 1390. The van der Waals surface area contributed by atoms with Crippen molar-refractivity contribution in [2.75, 3.05) is 9.80 Å². The van der Waals surface area contributed by atoms with Crippen LogP contribution in [0.4, 0.5) is 21.9 Å². The molecule has 2 heterocycles.